The highest BCUT2D eigenvalue weighted by Gasteiger charge is 2.51. The van der Waals surface area contributed by atoms with Gasteiger partial charge in [-0.05, 0) is 37.1 Å². The van der Waals surface area contributed by atoms with Gasteiger partial charge in [0.25, 0.3) is 0 Å². The van der Waals surface area contributed by atoms with Gasteiger partial charge in [-0.25, -0.2) is 0 Å². The number of hydrogen-bond donors (Lipinski definition) is 0. The van der Waals surface area contributed by atoms with Crippen LogP contribution in [0.1, 0.15) is 25.7 Å². The van der Waals surface area contributed by atoms with Crippen molar-refractivity contribution in [3.63, 3.8) is 0 Å². The first-order valence-electron chi connectivity index (χ1n) is 8.83. The van der Waals surface area contributed by atoms with Gasteiger partial charge in [0, 0.05) is 24.2 Å². The van der Waals surface area contributed by atoms with E-state index in [1.807, 2.05) is 35.0 Å². The summed E-state index contributed by atoms with van der Waals surface area (Å²) in [6.45, 7) is 0. The van der Waals surface area contributed by atoms with Gasteiger partial charge in [-0.1, -0.05) is 12.8 Å². The second-order valence-electron chi connectivity index (χ2n) is 6.59. The van der Waals surface area contributed by atoms with Crippen LogP contribution >= 0.6 is 0 Å². The Morgan fingerprint density at radius 3 is 2.30 bits per heavy atom. The van der Waals surface area contributed by atoms with E-state index in [9.17, 15) is 14.4 Å². The van der Waals surface area contributed by atoms with E-state index in [4.69, 9.17) is 9.47 Å². The number of methoxy groups -OCH3 is 2. The third-order valence-corrected chi connectivity index (χ3v) is 5.19. The quantitative estimate of drug-likeness (QED) is 0.573. The number of ketones is 1. The summed E-state index contributed by atoms with van der Waals surface area (Å²) in [5.41, 5.74) is 0.669. The van der Waals surface area contributed by atoms with Crippen LogP contribution in [0.15, 0.2) is 42.9 Å². The van der Waals surface area contributed by atoms with Gasteiger partial charge in [0.05, 0.1) is 19.9 Å². The van der Waals surface area contributed by atoms with Gasteiger partial charge in [0.2, 0.25) is 5.92 Å². The predicted molar refractivity (Wildman–Crippen MR) is 96.6 cm³/mol. The van der Waals surface area contributed by atoms with Gasteiger partial charge in [0.1, 0.15) is 5.54 Å². The average molecular weight is 370 g/mol. The standard InChI is InChI=1S/C20H22N2O5/c1-26-18(24)16(19(25)27-2)17(23)20(9-3-4-10-20)22-12-6-8-15(22)14-7-5-11-21-13-14/h5-8,11-13,16H,3-4,9-10H2,1-2H3. The number of pyridine rings is 1. The Hall–Kier alpha value is -2.96. The number of carbonyl (C=O) groups excluding carboxylic acids is 3. The van der Waals surface area contributed by atoms with Gasteiger partial charge in [0.15, 0.2) is 5.78 Å². The molecule has 27 heavy (non-hydrogen) atoms. The van der Waals surface area contributed by atoms with E-state index < -0.39 is 29.2 Å². The molecule has 0 aromatic carbocycles. The Morgan fingerprint density at radius 2 is 1.74 bits per heavy atom. The fourth-order valence-corrected chi connectivity index (χ4v) is 3.88. The van der Waals surface area contributed by atoms with Crippen LogP contribution in [0.25, 0.3) is 11.3 Å². The van der Waals surface area contributed by atoms with Crippen molar-refractivity contribution in [2.24, 2.45) is 5.92 Å². The molecule has 1 aliphatic carbocycles. The van der Waals surface area contributed by atoms with E-state index in [-0.39, 0.29) is 0 Å². The lowest BCUT2D eigenvalue weighted by atomic mass is 9.83. The molecule has 0 N–H and O–H groups in total. The zero-order valence-corrected chi connectivity index (χ0v) is 15.4. The zero-order chi connectivity index (χ0) is 19.4. The van der Waals surface area contributed by atoms with Crippen LogP contribution < -0.4 is 0 Å². The van der Waals surface area contributed by atoms with Gasteiger partial charge in [-0.3, -0.25) is 19.4 Å². The fourth-order valence-electron chi connectivity index (χ4n) is 3.88. The molecule has 0 spiro atoms. The largest absolute Gasteiger partial charge is 0.468 e. The molecule has 0 atom stereocenters. The number of carbonyl (C=O) groups is 3. The van der Waals surface area contributed by atoms with E-state index in [0.29, 0.717) is 12.8 Å². The van der Waals surface area contributed by atoms with E-state index in [1.54, 1.807) is 12.4 Å². The molecule has 142 valence electrons. The lowest BCUT2D eigenvalue weighted by Crippen LogP contribution is -2.48. The number of hydrogen-bond acceptors (Lipinski definition) is 6. The van der Waals surface area contributed by atoms with Crippen LogP contribution in [0.3, 0.4) is 0 Å². The smallest absolute Gasteiger partial charge is 0.327 e. The van der Waals surface area contributed by atoms with Crippen molar-refractivity contribution in [2.75, 3.05) is 14.2 Å². The van der Waals surface area contributed by atoms with Crippen molar-refractivity contribution in [2.45, 2.75) is 31.2 Å². The molecule has 0 amide bonds. The lowest BCUT2D eigenvalue weighted by molar-refractivity contribution is -0.163. The first-order valence-corrected chi connectivity index (χ1v) is 8.83. The summed E-state index contributed by atoms with van der Waals surface area (Å²) in [6, 6.07) is 7.47. The Bertz CT molecular complexity index is 821. The molecule has 0 aliphatic heterocycles. The molecular formula is C20H22N2O5. The fraction of sp³-hybridized carbons (Fsp3) is 0.400. The summed E-state index contributed by atoms with van der Waals surface area (Å²) >= 11 is 0. The monoisotopic (exact) mass is 370 g/mol. The Balaban J connectivity index is 2.10. The molecule has 2 aromatic heterocycles. The molecule has 1 saturated carbocycles. The molecule has 3 rings (SSSR count). The summed E-state index contributed by atoms with van der Waals surface area (Å²) in [5.74, 6) is -3.87. The summed E-state index contributed by atoms with van der Waals surface area (Å²) in [4.78, 5) is 42.1. The van der Waals surface area contributed by atoms with Crippen LogP contribution in [0.5, 0.6) is 0 Å². The van der Waals surface area contributed by atoms with Crippen molar-refractivity contribution >= 4 is 17.7 Å². The topological polar surface area (TPSA) is 87.5 Å². The minimum atomic E-state index is -1.60. The van der Waals surface area contributed by atoms with Crippen molar-refractivity contribution in [3.8, 4) is 11.3 Å². The number of nitrogens with zero attached hydrogens (tertiary/aromatic N) is 2. The maximum absolute atomic E-state index is 13.5. The highest BCUT2D eigenvalue weighted by atomic mass is 16.5. The van der Waals surface area contributed by atoms with Crippen LogP contribution in [-0.4, -0.2) is 41.5 Å². The molecule has 7 nitrogen and oxygen atoms in total. The highest BCUT2D eigenvalue weighted by Crippen LogP contribution is 2.42. The minimum Gasteiger partial charge on any atom is -0.468 e. The number of ether oxygens (including phenoxy) is 2. The summed E-state index contributed by atoms with van der Waals surface area (Å²) < 4.78 is 11.3. The number of aromatic nitrogens is 2. The van der Waals surface area contributed by atoms with Crippen molar-refractivity contribution in [1.82, 2.24) is 9.55 Å². The zero-order valence-electron chi connectivity index (χ0n) is 15.4. The van der Waals surface area contributed by atoms with Crippen LogP contribution in [-0.2, 0) is 29.4 Å². The Kier molecular flexibility index (Phi) is 5.39. The Morgan fingerprint density at radius 1 is 1.07 bits per heavy atom. The highest BCUT2D eigenvalue weighted by molar-refractivity contribution is 6.17. The molecule has 2 aromatic rings. The van der Waals surface area contributed by atoms with E-state index in [2.05, 4.69) is 4.98 Å². The van der Waals surface area contributed by atoms with E-state index in [0.717, 1.165) is 38.3 Å². The molecule has 0 saturated heterocycles. The summed E-state index contributed by atoms with van der Waals surface area (Å²) in [5, 5.41) is 0. The average Bonchev–Trinajstić information content (AvgIpc) is 3.38. The summed E-state index contributed by atoms with van der Waals surface area (Å²) in [6.07, 6.45) is 7.94. The van der Waals surface area contributed by atoms with Crippen LogP contribution in [0, 0.1) is 5.92 Å². The third kappa shape index (κ3) is 3.25. The lowest BCUT2D eigenvalue weighted by Gasteiger charge is -2.33. The first-order chi connectivity index (χ1) is 13.0. The van der Waals surface area contributed by atoms with Crippen LogP contribution in [0.4, 0.5) is 0 Å². The normalized spacial score (nSPS) is 15.5. The van der Waals surface area contributed by atoms with Crippen molar-refractivity contribution in [3.05, 3.63) is 42.9 Å². The van der Waals surface area contributed by atoms with E-state index in [1.165, 1.54) is 0 Å². The molecule has 0 radical (unpaired) electrons. The number of esters is 2. The molecule has 0 bridgehead atoms. The maximum Gasteiger partial charge on any atom is 0.327 e. The SMILES string of the molecule is COC(=O)C(C(=O)OC)C(=O)C1(n2cccc2-c2cccnc2)CCCC1. The molecule has 1 fully saturated rings. The van der Waals surface area contributed by atoms with Gasteiger partial charge >= 0.3 is 11.9 Å². The molecular weight excluding hydrogens is 348 g/mol. The van der Waals surface area contributed by atoms with Crippen molar-refractivity contribution < 1.29 is 23.9 Å². The maximum atomic E-state index is 13.5. The predicted octanol–water partition coefficient (Wildman–Crippen LogP) is 2.35. The first kappa shape index (κ1) is 18.8. The Labute approximate surface area is 157 Å². The summed E-state index contributed by atoms with van der Waals surface area (Å²) in [7, 11) is 2.31. The second kappa shape index (κ2) is 7.73. The van der Waals surface area contributed by atoms with Gasteiger partial charge < -0.3 is 14.0 Å². The molecule has 2 heterocycles. The third-order valence-electron chi connectivity index (χ3n) is 5.19. The molecule has 0 unspecified atom stereocenters. The van der Waals surface area contributed by atoms with Crippen molar-refractivity contribution in [1.29, 1.82) is 0 Å². The molecule has 7 heteroatoms. The molecule has 1 aliphatic rings. The minimum absolute atomic E-state index is 0.486. The van der Waals surface area contributed by atoms with Gasteiger partial charge in [-0.15, -0.1) is 0 Å². The van der Waals surface area contributed by atoms with E-state index >= 15 is 0 Å². The number of Topliss-reactive ketones (excluding diaryl/α,β-unsaturated/α-hetero) is 1. The van der Waals surface area contributed by atoms with Gasteiger partial charge in [-0.2, -0.15) is 0 Å². The van der Waals surface area contributed by atoms with Crippen LogP contribution in [0.2, 0.25) is 0 Å². The number of rotatable bonds is 6. The second-order valence-corrected chi connectivity index (χ2v) is 6.59.